The van der Waals surface area contributed by atoms with Crippen LogP contribution in [0.1, 0.15) is 36.8 Å². The van der Waals surface area contributed by atoms with Crippen molar-refractivity contribution in [1.29, 1.82) is 0 Å². The lowest BCUT2D eigenvalue weighted by molar-refractivity contribution is 0.0616. The van der Waals surface area contributed by atoms with Crippen molar-refractivity contribution in [3.63, 3.8) is 0 Å². The molecule has 0 bridgehead atoms. The van der Waals surface area contributed by atoms with Gasteiger partial charge in [0.25, 0.3) is 0 Å². The highest BCUT2D eigenvalue weighted by molar-refractivity contribution is 5.43. The van der Waals surface area contributed by atoms with Crippen molar-refractivity contribution in [3.05, 3.63) is 42.0 Å². The van der Waals surface area contributed by atoms with Gasteiger partial charge in [0.05, 0.1) is 31.4 Å². The van der Waals surface area contributed by atoms with E-state index in [-0.39, 0.29) is 6.10 Å². The number of aliphatic hydroxyl groups is 1. The summed E-state index contributed by atoms with van der Waals surface area (Å²) in [6.45, 7) is 2.89. The lowest BCUT2D eigenvalue weighted by Crippen LogP contribution is -2.21. The fourth-order valence-corrected chi connectivity index (χ4v) is 2.60. The van der Waals surface area contributed by atoms with Crippen molar-refractivity contribution in [3.8, 4) is 11.5 Å². The van der Waals surface area contributed by atoms with E-state index in [1.807, 2.05) is 22.8 Å². The number of methoxy groups -OCH3 is 1. The first kappa shape index (κ1) is 13.0. The number of fused-ring (bicyclic) bond motifs is 1. The van der Waals surface area contributed by atoms with Crippen molar-refractivity contribution < 1.29 is 14.6 Å². The summed E-state index contributed by atoms with van der Waals surface area (Å²) in [5, 5.41) is 10.3. The Kier molecular flexibility index (Phi) is 3.36. The van der Waals surface area contributed by atoms with E-state index in [0.29, 0.717) is 12.2 Å². The Morgan fingerprint density at radius 2 is 2.35 bits per heavy atom. The average Bonchev–Trinajstić information content (AvgIpc) is 2.95. The normalized spacial score (nSPS) is 21.1. The molecule has 1 aliphatic rings. The summed E-state index contributed by atoms with van der Waals surface area (Å²) in [5.74, 6) is 1.43. The summed E-state index contributed by atoms with van der Waals surface area (Å²) in [5.41, 5.74) is 1.77. The molecule has 2 unspecified atom stereocenters. The lowest BCUT2D eigenvalue weighted by atomic mass is 9.97. The number of hydrogen-bond donors (Lipinski definition) is 1. The van der Waals surface area contributed by atoms with Gasteiger partial charge < -0.3 is 19.1 Å². The first-order valence-corrected chi connectivity index (χ1v) is 6.75. The number of imidazole rings is 1. The second-order valence-corrected chi connectivity index (χ2v) is 4.87. The molecule has 2 heterocycles. The van der Waals surface area contributed by atoms with Crippen LogP contribution in [0.4, 0.5) is 0 Å². The zero-order valence-corrected chi connectivity index (χ0v) is 11.6. The number of aryl methyl sites for hydroxylation is 1. The lowest BCUT2D eigenvalue weighted by Gasteiger charge is -2.30. The third-order valence-corrected chi connectivity index (χ3v) is 3.70. The second kappa shape index (κ2) is 5.17. The molecule has 1 aliphatic heterocycles. The number of hydrogen-bond acceptors (Lipinski definition) is 4. The molecule has 20 heavy (non-hydrogen) atoms. The summed E-state index contributed by atoms with van der Waals surface area (Å²) in [4.78, 5) is 4.16. The number of benzene rings is 1. The van der Waals surface area contributed by atoms with Gasteiger partial charge in [0.1, 0.15) is 17.6 Å². The number of rotatable bonds is 3. The fraction of sp³-hybridized carbons (Fsp3) is 0.400. The number of aliphatic hydroxyl groups excluding tert-OH is 1. The van der Waals surface area contributed by atoms with Gasteiger partial charge in [-0.3, -0.25) is 0 Å². The molecule has 0 radical (unpaired) electrons. The maximum atomic E-state index is 10.3. The highest BCUT2D eigenvalue weighted by Crippen LogP contribution is 2.42. The van der Waals surface area contributed by atoms with Crippen LogP contribution >= 0.6 is 0 Å². The minimum atomic E-state index is -0.556. The molecule has 5 nitrogen and oxygen atoms in total. The van der Waals surface area contributed by atoms with Gasteiger partial charge in [-0.25, -0.2) is 4.98 Å². The maximum absolute atomic E-state index is 10.3. The Bertz CT molecular complexity index is 609. The molecular formula is C15H18N2O3. The van der Waals surface area contributed by atoms with Gasteiger partial charge in [0.2, 0.25) is 0 Å². The molecular weight excluding hydrogens is 256 g/mol. The van der Waals surface area contributed by atoms with Gasteiger partial charge in [-0.05, 0) is 25.1 Å². The Balaban J connectivity index is 1.93. The minimum Gasteiger partial charge on any atom is -0.497 e. The zero-order chi connectivity index (χ0) is 14.1. The Morgan fingerprint density at radius 3 is 3.10 bits per heavy atom. The van der Waals surface area contributed by atoms with E-state index in [2.05, 4.69) is 11.9 Å². The van der Waals surface area contributed by atoms with Crippen LogP contribution in [-0.2, 0) is 6.54 Å². The quantitative estimate of drug-likeness (QED) is 0.934. The molecule has 0 saturated heterocycles. The van der Waals surface area contributed by atoms with Gasteiger partial charge in [-0.15, -0.1) is 0 Å². The van der Waals surface area contributed by atoms with Crippen molar-refractivity contribution in [2.45, 2.75) is 32.1 Å². The fourth-order valence-electron chi connectivity index (χ4n) is 2.60. The van der Waals surface area contributed by atoms with Crippen LogP contribution in [0.5, 0.6) is 11.5 Å². The first-order valence-electron chi connectivity index (χ1n) is 6.75. The van der Waals surface area contributed by atoms with E-state index < -0.39 is 6.10 Å². The molecule has 106 valence electrons. The molecule has 1 N–H and O–H groups in total. The highest BCUT2D eigenvalue weighted by atomic mass is 16.5. The maximum Gasteiger partial charge on any atom is 0.143 e. The topological polar surface area (TPSA) is 56.5 Å². The van der Waals surface area contributed by atoms with E-state index in [1.165, 1.54) is 0 Å². The van der Waals surface area contributed by atoms with E-state index in [4.69, 9.17) is 9.47 Å². The largest absolute Gasteiger partial charge is 0.497 e. The highest BCUT2D eigenvalue weighted by Gasteiger charge is 2.30. The molecule has 0 spiro atoms. The predicted molar refractivity (Wildman–Crippen MR) is 73.8 cm³/mol. The smallest absolute Gasteiger partial charge is 0.143 e. The molecule has 2 atom stereocenters. The van der Waals surface area contributed by atoms with Gasteiger partial charge in [0, 0.05) is 18.5 Å². The van der Waals surface area contributed by atoms with Crippen LogP contribution < -0.4 is 9.47 Å². The number of ether oxygens (including phenoxy) is 2. The third-order valence-electron chi connectivity index (χ3n) is 3.70. The van der Waals surface area contributed by atoms with Crippen molar-refractivity contribution in [1.82, 2.24) is 9.55 Å². The van der Waals surface area contributed by atoms with Gasteiger partial charge in [0.15, 0.2) is 0 Å². The summed E-state index contributed by atoms with van der Waals surface area (Å²) in [6.07, 6.45) is 3.38. The van der Waals surface area contributed by atoms with Crippen molar-refractivity contribution in [2.24, 2.45) is 0 Å². The third kappa shape index (κ3) is 2.14. The summed E-state index contributed by atoms with van der Waals surface area (Å²) < 4.78 is 13.2. The first-order chi connectivity index (χ1) is 9.72. The standard InChI is InChI=1S/C15H18N2O3/c1-3-17-9-16-8-12(17)15-7-13(18)11-6-10(19-2)4-5-14(11)20-15/h4-6,8-9,13,15,18H,3,7H2,1-2H3. The van der Waals surface area contributed by atoms with Crippen molar-refractivity contribution in [2.75, 3.05) is 7.11 Å². The number of nitrogens with zero attached hydrogens (tertiary/aromatic N) is 2. The SMILES string of the molecule is CCn1cncc1C1CC(O)c2cc(OC)ccc2O1. The molecule has 0 fully saturated rings. The Labute approximate surface area is 117 Å². The van der Waals surface area contributed by atoms with E-state index in [0.717, 1.165) is 23.6 Å². The molecule has 0 saturated carbocycles. The van der Waals surface area contributed by atoms with Crippen LogP contribution in [0, 0.1) is 0 Å². The van der Waals surface area contributed by atoms with Crippen LogP contribution in [0.15, 0.2) is 30.7 Å². The molecule has 0 amide bonds. The van der Waals surface area contributed by atoms with Crippen LogP contribution in [-0.4, -0.2) is 21.8 Å². The Hall–Kier alpha value is -2.01. The number of aromatic nitrogens is 2. The monoisotopic (exact) mass is 274 g/mol. The van der Waals surface area contributed by atoms with Crippen LogP contribution in [0.25, 0.3) is 0 Å². The molecule has 1 aromatic heterocycles. The van der Waals surface area contributed by atoms with Crippen LogP contribution in [0.2, 0.25) is 0 Å². The minimum absolute atomic E-state index is 0.173. The summed E-state index contributed by atoms with van der Waals surface area (Å²) >= 11 is 0. The summed E-state index contributed by atoms with van der Waals surface area (Å²) in [6, 6.07) is 5.51. The van der Waals surface area contributed by atoms with Gasteiger partial charge in [-0.1, -0.05) is 0 Å². The van der Waals surface area contributed by atoms with Crippen molar-refractivity contribution >= 4 is 0 Å². The second-order valence-electron chi connectivity index (χ2n) is 4.87. The average molecular weight is 274 g/mol. The van der Waals surface area contributed by atoms with E-state index >= 15 is 0 Å². The van der Waals surface area contributed by atoms with E-state index in [9.17, 15) is 5.11 Å². The molecule has 3 rings (SSSR count). The van der Waals surface area contributed by atoms with E-state index in [1.54, 1.807) is 19.6 Å². The summed E-state index contributed by atoms with van der Waals surface area (Å²) in [7, 11) is 1.61. The molecule has 2 aromatic rings. The molecule has 0 aliphatic carbocycles. The zero-order valence-electron chi connectivity index (χ0n) is 11.6. The molecule has 1 aromatic carbocycles. The molecule has 5 heteroatoms. The Morgan fingerprint density at radius 1 is 1.50 bits per heavy atom. The van der Waals surface area contributed by atoms with Gasteiger partial charge >= 0.3 is 0 Å². The predicted octanol–water partition coefficient (Wildman–Crippen LogP) is 2.47. The van der Waals surface area contributed by atoms with Crippen LogP contribution in [0.3, 0.4) is 0 Å². The van der Waals surface area contributed by atoms with Gasteiger partial charge in [-0.2, -0.15) is 0 Å².